The smallest absolute Gasteiger partial charge is 0.326 e. The van der Waals surface area contributed by atoms with E-state index >= 15 is 0 Å². The van der Waals surface area contributed by atoms with Crippen LogP contribution < -0.4 is 0 Å². The molecule has 1 N–H and O–H groups in total. The molecule has 3 rings (SSSR count). The normalized spacial score (nSPS) is 18.6. The summed E-state index contributed by atoms with van der Waals surface area (Å²) in [6.45, 7) is 0.473. The molecule has 104 valence electrons. The van der Waals surface area contributed by atoms with Crippen LogP contribution in [-0.2, 0) is 11.8 Å². The van der Waals surface area contributed by atoms with Crippen LogP contribution in [0.4, 0.5) is 0 Å². The first-order chi connectivity index (χ1) is 9.59. The van der Waals surface area contributed by atoms with Gasteiger partial charge in [0.15, 0.2) is 5.69 Å². The van der Waals surface area contributed by atoms with E-state index in [-0.39, 0.29) is 5.91 Å². The fourth-order valence-electron chi connectivity index (χ4n) is 2.77. The Balaban J connectivity index is 2.03. The molecule has 0 unspecified atom stereocenters. The average Bonchev–Trinajstić information content (AvgIpc) is 3.04. The molecule has 0 radical (unpaired) electrons. The third-order valence-corrected chi connectivity index (χ3v) is 3.76. The summed E-state index contributed by atoms with van der Waals surface area (Å²) in [5.74, 6) is -1.25. The van der Waals surface area contributed by atoms with Gasteiger partial charge >= 0.3 is 5.97 Å². The molecule has 2 heterocycles. The second kappa shape index (κ2) is 4.63. The molecule has 6 nitrogen and oxygen atoms in total. The largest absolute Gasteiger partial charge is 0.480 e. The second-order valence-corrected chi connectivity index (χ2v) is 4.98. The maximum atomic E-state index is 12.6. The van der Waals surface area contributed by atoms with Crippen molar-refractivity contribution in [2.75, 3.05) is 6.54 Å². The van der Waals surface area contributed by atoms with E-state index in [2.05, 4.69) is 5.10 Å². The lowest BCUT2D eigenvalue weighted by Crippen LogP contribution is -2.40. The third-order valence-electron chi connectivity index (χ3n) is 3.76. The molecule has 1 amide bonds. The van der Waals surface area contributed by atoms with E-state index in [0.29, 0.717) is 25.1 Å². The summed E-state index contributed by atoms with van der Waals surface area (Å²) in [6.07, 6.45) is 1.22. The maximum Gasteiger partial charge on any atom is 0.326 e. The van der Waals surface area contributed by atoms with Gasteiger partial charge in [0.25, 0.3) is 5.91 Å². The number of hydrogen-bond acceptors (Lipinski definition) is 3. The number of likely N-dealkylation sites (tertiary alicyclic amines) is 1. The van der Waals surface area contributed by atoms with Crippen LogP contribution in [0.2, 0.25) is 0 Å². The predicted molar refractivity (Wildman–Crippen MR) is 72.4 cm³/mol. The fourth-order valence-corrected chi connectivity index (χ4v) is 2.77. The molecule has 1 aromatic heterocycles. The van der Waals surface area contributed by atoms with Crippen LogP contribution >= 0.6 is 0 Å². The van der Waals surface area contributed by atoms with Gasteiger partial charge in [0.2, 0.25) is 0 Å². The van der Waals surface area contributed by atoms with Crippen molar-refractivity contribution in [3.05, 3.63) is 30.0 Å². The topological polar surface area (TPSA) is 75.4 Å². The molecule has 20 heavy (non-hydrogen) atoms. The molecule has 0 spiro atoms. The van der Waals surface area contributed by atoms with E-state index in [4.69, 9.17) is 0 Å². The lowest BCUT2D eigenvalue weighted by molar-refractivity contribution is -0.141. The zero-order valence-corrected chi connectivity index (χ0v) is 11.1. The zero-order valence-electron chi connectivity index (χ0n) is 11.1. The number of fused-ring (bicyclic) bond motifs is 1. The molecule has 6 heteroatoms. The van der Waals surface area contributed by atoms with E-state index in [1.807, 2.05) is 24.3 Å². The number of rotatable bonds is 2. The summed E-state index contributed by atoms with van der Waals surface area (Å²) in [5.41, 5.74) is 1.19. The molecule has 0 saturated carbocycles. The van der Waals surface area contributed by atoms with Gasteiger partial charge in [-0.25, -0.2) is 4.79 Å². The molecule has 2 aromatic rings. The van der Waals surface area contributed by atoms with Crippen molar-refractivity contribution in [1.82, 2.24) is 14.7 Å². The van der Waals surface area contributed by atoms with Crippen molar-refractivity contribution in [3.63, 3.8) is 0 Å². The van der Waals surface area contributed by atoms with Crippen LogP contribution in [0.5, 0.6) is 0 Å². The van der Waals surface area contributed by atoms with Crippen LogP contribution in [0.25, 0.3) is 10.9 Å². The quantitative estimate of drug-likeness (QED) is 0.893. The van der Waals surface area contributed by atoms with Crippen molar-refractivity contribution < 1.29 is 14.7 Å². The molecular weight excluding hydrogens is 258 g/mol. The highest BCUT2D eigenvalue weighted by atomic mass is 16.4. The SMILES string of the molecule is Cn1nc(C(=O)N2CCC[C@@H]2C(=O)O)c2ccccc21. The first kappa shape index (κ1) is 12.7. The molecule has 1 fully saturated rings. The highest BCUT2D eigenvalue weighted by Gasteiger charge is 2.36. The van der Waals surface area contributed by atoms with Crippen LogP contribution in [0.15, 0.2) is 24.3 Å². The Morgan fingerprint density at radius 1 is 1.35 bits per heavy atom. The van der Waals surface area contributed by atoms with E-state index in [9.17, 15) is 14.7 Å². The Hall–Kier alpha value is -2.37. The first-order valence-corrected chi connectivity index (χ1v) is 6.55. The molecule has 1 aromatic carbocycles. The lowest BCUT2D eigenvalue weighted by atomic mass is 10.1. The minimum atomic E-state index is -0.948. The van der Waals surface area contributed by atoms with Crippen LogP contribution in [0, 0.1) is 0 Å². The van der Waals surface area contributed by atoms with Gasteiger partial charge in [0, 0.05) is 19.0 Å². The summed E-state index contributed by atoms with van der Waals surface area (Å²) in [7, 11) is 1.78. The summed E-state index contributed by atoms with van der Waals surface area (Å²) in [5, 5.41) is 14.2. The number of aromatic nitrogens is 2. The van der Waals surface area contributed by atoms with Crippen LogP contribution in [0.3, 0.4) is 0 Å². The predicted octanol–water partition coefficient (Wildman–Crippen LogP) is 1.26. The van der Waals surface area contributed by atoms with Gasteiger partial charge in [-0.3, -0.25) is 9.48 Å². The number of benzene rings is 1. The minimum Gasteiger partial charge on any atom is -0.480 e. The molecular formula is C14H15N3O3. The van der Waals surface area contributed by atoms with Gasteiger partial charge in [-0.15, -0.1) is 0 Å². The molecule has 0 aliphatic carbocycles. The number of carboxylic acids is 1. The number of amides is 1. The minimum absolute atomic E-state index is 0.299. The van der Waals surface area contributed by atoms with Crippen LogP contribution in [-0.4, -0.2) is 44.3 Å². The number of carboxylic acid groups (broad SMARTS) is 1. The van der Waals surface area contributed by atoms with Gasteiger partial charge in [0.05, 0.1) is 5.52 Å². The fraction of sp³-hybridized carbons (Fsp3) is 0.357. The van der Waals surface area contributed by atoms with E-state index in [1.54, 1.807) is 11.7 Å². The van der Waals surface area contributed by atoms with Gasteiger partial charge in [-0.1, -0.05) is 18.2 Å². The summed E-state index contributed by atoms with van der Waals surface area (Å²) < 4.78 is 1.65. The summed E-state index contributed by atoms with van der Waals surface area (Å²) >= 11 is 0. The van der Waals surface area contributed by atoms with E-state index in [0.717, 1.165) is 10.9 Å². The standard InChI is InChI=1S/C14H15N3O3/c1-16-10-6-3-2-5-9(10)12(15-16)13(18)17-8-4-7-11(17)14(19)20/h2-3,5-6,11H,4,7-8H2,1H3,(H,19,20)/t11-/m1/s1. The molecule has 1 aliphatic heterocycles. The Labute approximate surface area is 115 Å². The molecule has 0 bridgehead atoms. The monoisotopic (exact) mass is 273 g/mol. The summed E-state index contributed by atoms with van der Waals surface area (Å²) in [6, 6.07) is 6.72. The van der Waals surface area contributed by atoms with Gasteiger partial charge in [-0.2, -0.15) is 5.10 Å². The highest BCUT2D eigenvalue weighted by molar-refractivity contribution is 6.06. The molecule has 1 saturated heterocycles. The number of aliphatic carboxylic acids is 1. The lowest BCUT2D eigenvalue weighted by Gasteiger charge is -2.20. The van der Waals surface area contributed by atoms with Crippen LogP contribution in [0.1, 0.15) is 23.3 Å². The van der Waals surface area contributed by atoms with Crippen molar-refractivity contribution in [1.29, 1.82) is 0 Å². The Bertz CT molecular complexity index is 692. The highest BCUT2D eigenvalue weighted by Crippen LogP contribution is 2.24. The second-order valence-electron chi connectivity index (χ2n) is 4.98. The molecule has 1 aliphatic rings. The van der Waals surface area contributed by atoms with Gasteiger partial charge < -0.3 is 10.0 Å². The summed E-state index contributed by atoms with van der Waals surface area (Å²) in [4.78, 5) is 25.2. The van der Waals surface area contributed by atoms with Crippen molar-refractivity contribution in [2.45, 2.75) is 18.9 Å². The molecule has 1 atom stereocenters. The maximum absolute atomic E-state index is 12.6. The Morgan fingerprint density at radius 3 is 2.85 bits per heavy atom. The van der Waals surface area contributed by atoms with Gasteiger partial charge in [0.1, 0.15) is 6.04 Å². The number of hydrogen-bond donors (Lipinski definition) is 1. The zero-order chi connectivity index (χ0) is 14.3. The van der Waals surface area contributed by atoms with E-state index < -0.39 is 12.0 Å². The average molecular weight is 273 g/mol. The van der Waals surface area contributed by atoms with Gasteiger partial charge in [-0.05, 0) is 18.9 Å². The van der Waals surface area contributed by atoms with Crippen molar-refractivity contribution in [3.8, 4) is 0 Å². The third kappa shape index (κ3) is 1.84. The number of carbonyl (C=O) groups is 2. The number of carbonyl (C=O) groups excluding carboxylic acids is 1. The van der Waals surface area contributed by atoms with E-state index in [1.165, 1.54) is 4.90 Å². The first-order valence-electron chi connectivity index (χ1n) is 6.55. The Kier molecular flexibility index (Phi) is 2.93. The number of aryl methyl sites for hydroxylation is 1. The van der Waals surface area contributed by atoms with Crippen molar-refractivity contribution in [2.24, 2.45) is 7.05 Å². The van der Waals surface area contributed by atoms with Crippen molar-refractivity contribution >= 4 is 22.8 Å². The number of nitrogens with zero attached hydrogens (tertiary/aromatic N) is 3. The number of para-hydroxylation sites is 1. The Morgan fingerprint density at radius 2 is 2.10 bits per heavy atom.